The Labute approximate surface area is 231 Å². The predicted molar refractivity (Wildman–Crippen MR) is 142 cm³/mol. The van der Waals surface area contributed by atoms with Crippen molar-refractivity contribution in [1.82, 2.24) is 9.80 Å². The van der Waals surface area contributed by atoms with Crippen LogP contribution in [-0.4, -0.2) is 52.0 Å². The summed E-state index contributed by atoms with van der Waals surface area (Å²) < 4.78 is 5.68. The van der Waals surface area contributed by atoms with Gasteiger partial charge in [0.05, 0.1) is 6.07 Å². The molecule has 2 aromatic carbocycles. The summed E-state index contributed by atoms with van der Waals surface area (Å²) in [6.45, 7) is 3.15. The number of carbonyl (C=O) groups is 5. The number of fused-ring (bicyclic) bond motifs is 2. The molecule has 0 aromatic heterocycles. The number of nitrogens with one attached hydrogen (secondary N) is 1. The molecule has 1 saturated heterocycles. The summed E-state index contributed by atoms with van der Waals surface area (Å²) >= 11 is 0. The maximum Gasteiger partial charge on any atom is 0.418 e. The van der Waals surface area contributed by atoms with E-state index in [-0.39, 0.29) is 18.4 Å². The van der Waals surface area contributed by atoms with Gasteiger partial charge in [0.25, 0.3) is 5.91 Å². The Hall–Kier alpha value is -4.52. The van der Waals surface area contributed by atoms with Gasteiger partial charge in [-0.25, -0.2) is 9.69 Å². The number of hydrogen-bond donors (Lipinski definition) is 1. The van der Waals surface area contributed by atoms with Crippen molar-refractivity contribution >= 4 is 35.3 Å². The molecule has 2 aromatic rings. The lowest BCUT2D eigenvalue weighted by Crippen LogP contribution is -2.47. The van der Waals surface area contributed by atoms with E-state index >= 15 is 0 Å². The highest BCUT2D eigenvalue weighted by Gasteiger charge is 2.58. The third-order valence-corrected chi connectivity index (χ3v) is 8.03. The Morgan fingerprint density at radius 2 is 1.90 bits per heavy atom. The number of hydrogen-bond acceptors (Lipinski definition) is 7. The van der Waals surface area contributed by atoms with Gasteiger partial charge in [-0.2, -0.15) is 5.26 Å². The number of Topliss-reactive ketones (excluding diaryl/α,β-unsaturated/α-hetero) is 1. The van der Waals surface area contributed by atoms with Crippen LogP contribution < -0.4 is 5.32 Å². The Morgan fingerprint density at radius 1 is 1.18 bits per heavy atom. The SMILES string of the molecule is CC(=O)C(C#N)C(=O)Nc1ccc2c(c1)CCC21OC(=O)N(CC(=O)N(Cc2ccccc2)[C@@H](C)C2CC2)C1=O. The van der Waals surface area contributed by atoms with Crippen molar-refractivity contribution in [1.29, 1.82) is 5.26 Å². The summed E-state index contributed by atoms with van der Waals surface area (Å²) in [6.07, 6.45) is 1.82. The van der Waals surface area contributed by atoms with Crippen LogP contribution in [0.5, 0.6) is 0 Å². The van der Waals surface area contributed by atoms with Gasteiger partial charge in [0.2, 0.25) is 17.4 Å². The fourth-order valence-electron chi connectivity index (χ4n) is 5.58. The van der Waals surface area contributed by atoms with E-state index in [1.807, 2.05) is 37.3 Å². The lowest BCUT2D eigenvalue weighted by atomic mass is 9.94. The first-order chi connectivity index (χ1) is 19.1. The minimum absolute atomic E-state index is 0.0279. The quantitative estimate of drug-likeness (QED) is 0.480. The molecule has 1 N–H and O–H groups in total. The standard InChI is InChI=1S/C30H30N4O6/c1-18(21-8-9-21)33(16-20-6-4-3-5-7-20)26(36)17-34-28(38)30(40-29(34)39)13-12-22-14-23(10-11-25(22)30)32-27(37)24(15-31)19(2)35/h3-7,10-11,14,18,21,24H,8-9,12-13,16-17H2,1-2H3,(H,32,37)/t18-,24?,30?/m0/s1. The van der Waals surface area contributed by atoms with E-state index in [9.17, 15) is 24.0 Å². The molecule has 40 heavy (non-hydrogen) atoms. The number of aryl methyl sites for hydroxylation is 1. The van der Waals surface area contributed by atoms with E-state index in [1.54, 1.807) is 23.1 Å². The van der Waals surface area contributed by atoms with Gasteiger partial charge in [0.1, 0.15) is 6.54 Å². The number of carbonyl (C=O) groups excluding carboxylic acids is 5. The molecule has 10 nitrogen and oxygen atoms in total. The molecule has 206 valence electrons. The van der Waals surface area contributed by atoms with E-state index in [0.29, 0.717) is 35.7 Å². The van der Waals surface area contributed by atoms with Gasteiger partial charge >= 0.3 is 6.09 Å². The van der Waals surface area contributed by atoms with Gasteiger partial charge < -0.3 is 15.0 Å². The highest BCUT2D eigenvalue weighted by Crippen LogP contribution is 2.46. The Kier molecular flexibility index (Phi) is 7.15. The molecule has 2 aliphatic carbocycles. The van der Waals surface area contributed by atoms with Gasteiger partial charge in [0.15, 0.2) is 11.7 Å². The van der Waals surface area contributed by atoms with E-state index in [2.05, 4.69) is 5.32 Å². The first kappa shape index (κ1) is 27.1. The number of nitrogens with zero attached hydrogens (tertiary/aromatic N) is 3. The number of rotatable bonds is 9. The normalized spacial score (nSPS) is 20.9. The van der Waals surface area contributed by atoms with Crippen LogP contribution in [0, 0.1) is 23.2 Å². The van der Waals surface area contributed by atoms with E-state index in [1.165, 1.54) is 13.0 Å². The molecule has 1 saturated carbocycles. The molecule has 2 unspecified atom stereocenters. The molecule has 1 heterocycles. The summed E-state index contributed by atoms with van der Waals surface area (Å²) in [4.78, 5) is 66.7. The smallest absolute Gasteiger partial charge is 0.418 e. The Morgan fingerprint density at radius 3 is 2.55 bits per heavy atom. The van der Waals surface area contributed by atoms with Crippen LogP contribution in [0.2, 0.25) is 0 Å². The van der Waals surface area contributed by atoms with E-state index in [0.717, 1.165) is 23.3 Å². The fourth-order valence-corrected chi connectivity index (χ4v) is 5.58. The lowest BCUT2D eigenvalue weighted by molar-refractivity contribution is -0.143. The molecule has 0 bridgehead atoms. The molecule has 5 rings (SSSR count). The molecule has 3 aliphatic rings. The van der Waals surface area contributed by atoms with Crippen LogP contribution >= 0.6 is 0 Å². The Balaban J connectivity index is 1.33. The molecule has 1 aliphatic heterocycles. The molecule has 3 atom stereocenters. The van der Waals surface area contributed by atoms with Gasteiger partial charge in [-0.3, -0.25) is 19.2 Å². The van der Waals surface area contributed by atoms with Crippen LogP contribution in [0.1, 0.15) is 49.8 Å². The van der Waals surface area contributed by atoms with E-state index in [4.69, 9.17) is 10.00 Å². The third kappa shape index (κ3) is 4.95. The van der Waals surface area contributed by atoms with Crippen molar-refractivity contribution in [3.05, 3.63) is 65.2 Å². The predicted octanol–water partition coefficient (Wildman–Crippen LogP) is 3.30. The second kappa shape index (κ2) is 10.6. The minimum Gasteiger partial charge on any atom is -0.427 e. The van der Waals surface area contributed by atoms with Gasteiger partial charge in [-0.05, 0) is 62.3 Å². The molecule has 2 fully saturated rings. The first-order valence-corrected chi connectivity index (χ1v) is 13.4. The number of anilines is 1. The van der Waals surface area contributed by atoms with Crippen molar-refractivity contribution in [2.75, 3.05) is 11.9 Å². The van der Waals surface area contributed by atoms with Gasteiger partial charge in [-0.15, -0.1) is 0 Å². The number of imide groups is 1. The Bertz CT molecular complexity index is 1430. The number of nitriles is 1. The van der Waals surface area contributed by atoms with Gasteiger partial charge in [0, 0.05) is 30.3 Å². The second-order valence-corrected chi connectivity index (χ2v) is 10.7. The summed E-state index contributed by atoms with van der Waals surface area (Å²) in [5, 5.41) is 11.7. The highest BCUT2D eigenvalue weighted by molar-refractivity contribution is 6.09. The zero-order chi connectivity index (χ0) is 28.6. The van der Waals surface area contributed by atoms with Crippen molar-refractivity contribution in [2.45, 2.75) is 57.7 Å². The van der Waals surface area contributed by atoms with Crippen LogP contribution in [-0.2, 0) is 42.5 Å². The first-order valence-electron chi connectivity index (χ1n) is 13.4. The number of ether oxygens (including phenoxy) is 1. The average molecular weight is 543 g/mol. The van der Waals surface area contributed by atoms with Crippen LogP contribution in [0.15, 0.2) is 48.5 Å². The summed E-state index contributed by atoms with van der Waals surface area (Å²) in [5.74, 6) is -3.23. The summed E-state index contributed by atoms with van der Waals surface area (Å²) in [6, 6.07) is 16.0. The van der Waals surface area contributed by atoms with Crippen molar-refractivity contribution < 1.29 is 28.7 Å². The monoisotopic (exact) mass is 542 g/mol. The number of benzene rings is 2. The number of amides is 4. The molecule has 1 spiro atoms. The molecular formula is C30H30N4O6. The summed E-state index contributed by atoms with van der Waals surface area (Å²) in [5.41, 5.74) is 0.978. The summed E-state index contributed by atoms with van der Waals surface area (Å²) in [7, 11) is 0. The average Bonchev–Trinajstić information content (AvgIpc) is 3.68. The van der Waals surface area contributed by atoms with Crippen LogP contribution in [0.25, 0.3) is 0 Å². The maximum absolute atomic E-state index is 13.7. The zero-order valence-electron chi connectivity index (χ0n) is 22.4. The van der Waals surface area contributed by atoms with Crippen LogP contribution in [0.3, 0.4) is 0 Å². The zero-order valence-corrected chi connectivity index (χ0v) is 22.4. The molecule has 10 heteroatoms. The molecule has 4 amide bonds. The second-order valence-electron chi connectivity index (χ2n) is 10.7. The van der Waals surface area contributed by atoms with Crippen LogP contribution in [0.4, 0.5) is 10.5 Å². The highest BCUT2D eigenvalue weighted by atomic mass is 16.6. The topological polar surface area (TPSA) is 137 Å². The van der Waals surface area contributed by atoms with Gasteiger partial charge in [-0.1, -0.05) is 36.4 Å². The third-order valence-electron chi connectivity index (χ3n) is 8.03. The van der Waals surface area contributed by atoms with Crippen molar-refractivity contribution in [2.24, 2.45) is 11.8 Å². The van der Waals surface area contributed by atoms with Crippen molar-refractivity contribution in [3.63, 3.8) is 0 Å². The molecule has 0 radical (unpaired) electrons. The molecular weight excluding hydrogens is 512 g/mol. The largest absolute Gasteiger partial charge is 0.427 e. The lowest BCUT2D eigenvalue weighted by Gasteiger charge is -2.30. The van der Waals surface area contributed by atoms with Crippen molar-refractivity contribution in [3.8, 4) is 6.07 Å². The minimum atomic E-state index is -1.53. The number of ketones is 1. The fraction of sp³-hybridized carbons (Fsp3) is 0.400. The van der Waals surface area contributed by atoms with E-state index < -0.39 is 41.8 Å². The maximum atomic E-state index is 13.7.